The number of fused-ring (bicyclic) bond motifs is 3. The highest BCUT2D eigenvalue weighted by molar-refractivity contribution is 5.90. The van der Waals surface area contributed by atoms with Crippen LogP contribution in [0.5, 0.6) is 5.75 Å². The largest absolute Gasteiger partial charge is 0.485 e. The summed E-state index contributed by atoms with van der Waals surface area (Å²) in [6.45, 7) is 0. The molecule has 3 heteroatoms. The lowest BCUT2D eigenvalue weighted by Gasteiger charge is -2.27. The Balaban J connectivity index is 1.75. The number of carboxylic acids is 1. The lowest BCUT2D eigenvalue weighted by molar-refractivity contribution is 0.0696. The summed E-state index contributed by atoms with van der Waals surface area (Å²) < 4.78 is 6.27. The fourth-order valence-electron chi connectivity index (χ4n) is 3.22. The number of carboxylic acid groups (broad SMARTS) is 1. The van der Waals surface area contributed by atoms with E-state index >= 15 is 0 Å². The molecule has 1 unspecified atom stereocenters. The van der Waals surface area contributed by atoms with Gasteiger partial charge >= 0.3 is 5.97 Å². The lowest BCUT2D eigenvalue weighted by atomic mass is 9.94. The number of hydrogen-bond acceptors (Lipinski definition) is 2. The molecule has 3 aromatic rings. The van der Waals surface area contributed by atoms with E-state index in [0.29, 0.717) is 5.56 Å². The van der Waals surface area contributed by atoms with Crippen LogP contribution in [-0.4, -0.2) is 11.1 Å². The first-order valence-corrected chi connectivity index (χ1v) is 7.73. The molecule has 1 heterocycles. The van der Waals surface area contributed by atoms with Crippen molar-refractivity contribution in [3.63, 3.8) is 0 Å². The summed E-state index contributed by atoms with van der Waals surface area (Å²) >= 11 is 0. The van der Waals surface area contributed by atoms with Crippen molar-refractivity contribution < 1.29 is 14.6 Å². The van der Waals surface area contributed by atoms with Gasteiger partial charge in [-0.1, -0.05) is 48.5 Å². The van der Waals surface area contributed by atoms with Gasteiger partial charge < -0.3 is 9.84 Å². The minimum atomic E-state index is -0.909. The highest BCUT2D eigenvalue weighted by atomic mass is 16.5. The van der Waals surface area contributed by atoms with E-state index in [1.54, 1.807) is 18.2 Å². The van der Waals surface area contributed by atoms with Crippen molar-refractivity contribution in [3.8, 4) is 5.75 Å². The molecule has 0 bridgehead atoms. The van der Waals surface area contributed by atoms with Crippen LogP contribution in [0.15, 0.2) is 60.7 Å². The quantitative estimate of drug-likeness (QED) is 0.752. The molecule has 0 saturated carbocycles. The van der Waals surface area contributed by atoms with Gasteiger partial charge in [0.15, 0.2) is 0 Å². The lowest BCUT2D eigenvalue weighted by Crippen LogP contribution is -2.16. The normalized spacial score (nSPS) is 16.6. The Morgan fingerprint density at radius 3 is 2.78 bits per heavy atom. The third-order valence-electron chi connectivity index (χ3n) is 4.40. The van der Waals surface area contributed by atoms with E-state index in [1.165, 1.54) is 5.56 Å². The van der Waals surface area contributed by atoms with Crippen molar-refractivity contribution in [2.75, 3.05) is 0 Å². The first-order chi connectivity index (χ1) is 11.2. The van der Waals surface area contributed by atoms with Crippen LogP contribution in [0.4, 0.5) is 0 Å². The molecule has 0 amide bonds. The molecular formula is C20H16O3. The summed E-state index contributed by atoms with van der Waals surface area (Å²) in [5.74, 6) is 0.0218. The van der Waals surface area contributed by atoms with E-state index in [1.807, 2.05) is 18.2 Å². The van der Waals surface area contributed by atoms with Crippen LogP contribution in [0.1, 0.15) is 34.0 Å². The minimum Gasteiger partial charge on any atom is -0.485 e. The zero-order chi connectivity index (χ0) is 15.8. The van der Waals surface area contributed by atoms with Crippen LogP contribution in [0.3, 0.4) is 0 Å². The molecule has 3 nitrogen and oxygen atoms in total. The fraction of sp³-hybridized carbons (Fsp3) is 0.150. The monoisotopic (exact) mass is 304 g/mol. The Bertz CT molecular complexity index is 898. The highest BCUT2D eigenvalue weighted by Gasteiger charge is 2.23. The Labute approximate surface area is 134 Å². The van der Waals surface area contributed by atoms with Crippen LogP contribution in [0, 0.1) is 0 Å². The Hall–Kier alpha value is -2.81. The van der Waals surface area contributed by atoms with Crippen LogP contribution >= 0.6 is 0 Å². The summed E-state index contributed by atoms with van der Waals surface area (Å²) in [6.07, 6.45) is 1.68. The van der Waals surface area contributed by atoms with Crippen molar-refractivity contribution in [1.29, 1.82) is 0 Å². The van der Waals surface area contributed by atoms with E-state index < -0.39 is 5.97 Å². The second-order valence-corrected chi connectivity index (χ2v) is 5.85. The number of carbonyl (C=O) groups is 1. The summed E-state index contributed by atoms with van der Waals surface area (Å²) in [6, 6.07) is 19.5. The van der Waals surface area contributed by atoms with Crippen LogP contribution in [0.2, 0.25) is 0 Å². The number of hydrogen-bond donors (Lipinski definition) is 1. The predicted molar refractivity (Wildman–Crippen MR) is 89.0 cm³/mol. The third-order valence-corrected chi connectivity index (χ3v) is 4.40. The first-order valence-electron chi connectivity index (χ1n) is 7.73. The number of rotatable bonds is 2. The van der Waals surface area contributed by atoms with Gasteiger partial charge in [0.2, 0.25) is 0 Å². The molecule has 1 aliphatic rings. The molecule has 0 aromatic heterocycles. The summed E-state index contributed by atoms with van der Waals surface area (Å²) in [4.78, 5) is 11.2. The van der Waals surface area contributed by atoms with Crippen molar-refractivity contribution in [1.82, 2.24) is 0 Å². The van der Waals surface area contributed by atoms with Crippen molar-refractivity contribution in [3.05, 3.63) is 77.4 Å². The maximum Gasteiger partial charge on any atom is 0.335 e. The zero-order valence-corrected chi connectivity index (χ0v) is 12.5. The van der Waals surface area contributed by atoms with E-state index in [9.17, 15) is 4.79 Å². The fourth-order valence-corrected chi connectivity index (χ4v) is 3.22. The second kappa shape index (κ2) is 5.43. The zero-order valence-electron chi connectivity index (χ0n) is 12.5. The van der Waals surface area contributed by atoms with Gasteiger partial charge in [-0.25, -0.2) is 4.79 Å². The Kier molecular flexibility index (Phi) is 3.27. The topological polar surface area (TPSA) is 46.5 Å². The van der Waals surface area contributed by atoms with Crippen LogP contribution in [-0.2, 0) is 6.42 Å². The SMILES string of the molecule is O=C(O)c1cccc(C2CCc3ccc4ccccc4c3O2)c1. The van der Waals surface area contributed by atoms with Crippen molar-refractivity contribution >= 4 is 16.7 Å². The first kappa shape index (κ1) is 13.8. The maximum atomic E-state index is 11.2. The Morgan fingerprint density at radius 1 is 1.04 bits per heavy atom. The van der Waals surface area contributed by atoms with Crippen molar-refractivity contribution in [2.24, 2.45) is 0 Å². The molecule has 1 aliphatic heterocycles. The molecule has 23 heavy (non-hydrogen) atoms. The maximum absolute atomic E-state index is 11.2. The van der Waals surface area contributed by atoms with E-state index in [4.69, 9.17) is 9.84 Å². The number of aromatic carboxylic acids is 1. The molecule has 0 aliphatic carbocycles. The third kappa shape index (κ3) is 2.44. The van der Waals surface area contributed by atoms with Gasteiger partial charge in [0.1, 0.15) is 11.9 Å². The standard InChI is InChI=1S/C20H16O3/c21-20(22)16-6-3-5-15(12-16)18-11-10-14-9-8-13-4-1-2-7-17(13)19(14)23-18/h1-9,12,18H,10-11H2,(H,21,22). The molecular weight excluding hydrogens is 288 g/mol. The van der Waals surface area contributed by atoms with Gasteiger partial charge in [-0.15, -0.1) is 0 Å². The summed E-state index contributed by atoms with van der Waals surface area (Å²) in [5.41, 5.74) is 2.44. The molecule has 0 fully saturated rings. The smallest absolute Gasteiger partial charge is 0.335 e. The molecule has 3 aromatic carbocycles. The van der Waals surface area contributed by atoms with Crippen LogP contribution in [0.25, 0.3) is 10.8 Å². The minimum absolute atomic E-state index is 0.104. The number of aryl methyl sites for hydroxylation is 1. The molecule has 1 N–H and O–H groups in total. The van der Waals surface area contributed by atoms with Crippen molar-refractivity contribution in [2.45, 2.75) is 18.9 Å². The molecule has 1 atom stereocenters. The molecule has 114 valence electrons. The average Bonchev–Trinajstić information content (AvgIpc) is 2.61. The number of benzene rings is 3. The summed E-state index contributed by atoms with van der Waals surface area (Å²) in [7, 11) is 0. The molecule has 0 spiro atoms. The Morgan fingerprint density at radius 2 is 1.91 bits per heavy atom. The number of ether oxygens (including phenoxy) is 1. The van der Waals surface area contributed by atoms with Gasteiger partial charge in [-0.3, -0.25) is 0 Å². The van der Waals surface area contributed by atoms with E-state index in [-0.39, 0.29) is 6.10 Å². The van der Waals surface area contributed by atoms with E-state index in [2.05, 4.69) is 24.3 Å². The van der Waals surface area contributed by atoms with Gasteiger partial charge in [0.05, 0.1) is 5.56 Å². The van der Waals surface area contributed by atoms with Gasteiger partial charge in [0.25, 0.3) is 0 Å². The van der Waals surface area contributed by atoms with E-state index in [0.717, 1.165) is 34.9 Å². The molecule has 0 radical (unpaired) electrons. The molecule has 4 rings (SSSR count). The second-order valence-electron chi connectivity index (χ2n) is 5.85. The average molecular weight is 304 g/mol. The van der Waals surface area contributed by atoms with Gasteiger partial charge in [-0.05, 0) is 41.5 Å². The van der Waals surface area contributed by atoms with Gasteiger partial charge in [0, 0.05) is 5.39 Å². The molecule has 0 saturated heterocycles. The van der Waals surface area contributed by atoms with Gasteiger partial charge in [-0.2, -0.15) is 0 Å². The predicted octanol–water partition coefficient (Wildman–Crippen LogP) is 4.60. The summed E-state index contributed by atoms with van der Waals surface area (Å²) in [5, 5.41) is 11.4. The highest BCUT2D eigenvalue weighted by Crippen LogP contribution is 2.39. The van der Waals surface area contributed by atoms with Crippen LogP contribution < -0.4 is 4.74 Å².